The summed E-state index contributed by atoms with van der Waals surface area (Å²) in [5, 5.41) is 1.76. The zero-order valence-corrected chi connectivity index (χ0v) is 11.0. The van der Waals surface area contributed by atoms with E-state index in [9.17, 15) is 8.42 Å². The Hall–Kier alpha value is -1.39. The zero-order valence-electron chi connectivity index (χ0n) is 10.2. The van der Waals surface area contributed by atoms with Gasteiger partial charge in [-0.2, -0.15) is 4.31 Å². The van der Waals surface area contributed by atoms with Crippen molar-refractivity contribution in [3.63, 3.8) is 0 Å². The molecule has 4 heteroatoms. The van der Waals surface area contributed by atoms with E-state index in [0.717, 1.165) is 23.6 Å². The summed E-state index contributed by atoms with van der Waals surface area (Å²) in [5.74, 6) is 0. The number of hydrogen-bond acceptors (Lipinski definition) is 2. The summed E-state index contributed by atoms with van der Waals surface area (Å²) in [6.07, 6.45) is 1.95. The quantitative estimate of drug-likeness (QED) is 0.851. The second-order valence-electron chi connectivity index (χ2n) is 4.73. The van der Waals surface area contributed by atoms with Gasteiger partial charge in [0.1, 0.15) is 0 Å². The van der Waals surface area contributed by atoms with E-state index in [1.165, 1.54) is 4.31 Å². The van der Waals surface area contributed by atoms with Crippen molar-refractivity contribution in [2.75, 3.05) is 7.05 Å². The molecule has 0 spiro atoms. The molecule has 0 radical (unpaired) electrons. The molecule has 0 aromatic heterocycles. The Morgan fingerprint density at radius 1 is 1.06 bits per heavy atom. The van der Waals surface area contributed by atoms with Crippen molar-refractivity contribution >= 4 is 20.8 Å². The van der Waals surface area contributed by atoms with E-state index in [1.54, 1.807) is 19.2 Å². The van der Waals surface area contributed by atoms with Gasteiger partial charge in [0.05, 0.1) is 4.90 Å². The van der Waals surface area contributed by atoms with Crippen LogP contribution in [0.5, 0.6) is 0 Å². The van der Waals surface area contributed by atoms with Gasteiger partial charge in [-0.1, -0.05) is 36.4 Å². The number of nitrogens with zero attached hydrogens (tertiary/aromatic N) is 1. The normalized spacial score (nSPS) is 16.3. The number of rotatable bonds is 3. The lowest BCUT2D eigenvalue weighted by molar-refractivity contribution is 0.465. The van der Waals surface area contributed by atoms with E-state index in [0.29, 0.717) is 4.90 Å². The highest BCUT2D eigenvalue weighted by Crippen LogP contribution is 2.32. The lowest BCUT2D eigenvalue weighted by atomic mass is 10.1. The van der Waals surface area contributed by atoms with E-state index >= 15 is 0 Å². The van der Waals surface area contributed by atoms with Crippen LogP contribution in [0, 0.1) is 0 Å². The zero-order chi connectivity index (χ0) is 12.8. The van der Waals surface area contributed by atoms with Gasteiger partial charge in [0.25, 0.3) is 0 Å². The van der Waals surface area contributed by atoms with E-state index in [1.807, 2.05) is 30.3 Å². The highest BCUT2D eigenvalue weighted by molar-refractivity contribution is 7.89. The number of fused-ring (bicyclic) bond motifs is 1. The van der Waals surface area contributed by atoms with Gasteiger partial charge in [0, 0.05) is 18.5 Å². The van der Waals surface area contributed by atoms with Crippen LogP contribution in [0.3, 0.4) is 0 Å². The van der Waals surface area contributed by atoms with Crippen LogP contribution in [0.1, 0.15) is 12.8 Å². The van der Waals surface area contributed by atoms with Crippen LogP contribution in [0.25, 0.3) is 10.8 Å². The summed E-state index contributed by atoms with van der Waals surface area (Å²) in [7, 11) is -1.69. The van der Waals surface area contributed by atoms with Gasteiger partial charge in [-0.25, -0.2) is 8.42 Å². The molecule has 2 aromatic rings. The molecule has 1 aliphatic carbocycles. The minimum atomic E-state index is -3.37. The SMILES string of the molecule is CN(C1CC1)S(=O)(=O)c1cccc2ccccc12. The molecule has 18 heavy (non-hydrogen) atoms. The van der Waals surface area contributed by atoms with Crippen LogP contribution in [0.2, 0.25) is 0 Å². The molecule has 0 amide bonds. The first-order chi connectivity index (χ1) is 8.60. The van der Waals surface area contributed by atoms with Gasteiger partial charge >= 0.3 is 0 Å². The van der Waals surface area contributed by atoms with Gasteiger partial charge in [0.15, 0.2) is 0 Å². The average Bonchev–Trinajstić information content (AvgIpc) is 3.21. The predicted molar refractivity (Wildman–Crippen MR) is 71.9 cm³/mol. The minimum Gasteiger partial charge on any atom is -0.207 e. The highest BCUT2D eigenvalue weighted by atomic mass is 32.2. The summed E-state index contributed by atoms with van der Waals surface area (Å²) in [4.78, 5) is 0.412. The Kier molecular flexibility index (Phi) is 2.64. The fourth-order valence-electron chi connectivity index (χ4n) is 2.21. The summed E-state index contributed by atoms with van der Waals surface area (Å²) >= 11 is 0. The van der Waals surface area contributed by atoms with E-state index in [4.69, 9.17) is 0 Å². The first kappa shape index (κ1) is 11.7. The van der Waals surface area contributed by atoms with Gasteiger partial charge in [0.2, 0.25) is 10.0 Å². The third-order valence-corrected chi connectivity index (χ3v) is 5.44. The van der Waals surface area contributed by atoms with Gasteiger partial charge in [-0.05, 0) is 24.3 Å². The van der Waals surface area contributed by atoms with Gasteiger partial charge in [-0.15, -0.1) is 0 Å². The molecule has 1 aliphatic rings. The molecule has 2 aromatic carbocycles. The van der Waals surface area contributed by atoms with E-state index in [2.05, 4.69) is 0 Å². The summed E-state index contributed by atoms with van der Waals surface area (Å²) in [6.45, 7) is 0. The van der Waals surface area contributed by atoms with Gasteiger partial charge < -0.3 is 0 Å². The average molecular weight is 261 g/mol. The van der Waals surface area contributed by atoms with Gasteiger partial charge in [-0.3, -0.25) is 0 Å². The summed E-state index contributed by atoms with van der Waals surface area (Å²) in [5.41, 5.74) is 0. The minimum absolute atomic E-state index is 0.189. The molecule has 94 valence electrons. The summed E-state index contributed by atoms with van der Waals surface area (Å²) in [6, 6.07) is 13.2. The van der Waals surface area contributed by atoms with Crippen molar-refractivity contribution in [1.29, 1.82) is 0 Å². The fourth-order valence-corrected chi connectivity index (χ4v) is 3.84. The molecule has 0 heterocycles. The largest absolute Gasteiger partial charge is 0.243 e. The maximum Gasteiger partial charge on any atom is 0.243 e. The Balaban J connectivity index is 2.19. The standard InChI is InChI=1S/C14H15NO2S/c1-15(12-9-10-12)18(16,17)14-8-4-6-11-5-2-3-7-13(11)14/h2-8,12H,9-10H2,1H3. The molecule has 0 aliphatic heterocycles. The summed E-state index contributed by atoms with van der Waals surface area (Å²) < 4.78 is 26.6. The van der Waals surface area contributed by atoms with E-state index in [-0.39, 0.29) is 6.04 Å². The van der Waals surface area contributed by atoms with Crippen LogP contribution < -0.4 is 0 Å². The fraction of sp³-hybridized carbons (Fsp3) is 0.286. The topological polar surface area (TPSA) is 37.4 Å². The molecule has 3 rings (SSSR count). The van der Waals surface area contributed by atoms with Crippen LogP contribution in [0.15, 0.2) is 47.4 Å². The van der Waals surface area contributed by atoms with E-state index < -0.39 is 10.0 Å². The van der Waals surface area contributed by atoms with Crippen molar-refractivity contribution in [3.8, 4) is 0 Å². The monoisotopic (exact) mass is 261 g/mol. The van der Waals surface area contributed by atoms with Crippen LogP contribution >= 0.6 is 0 Å². The first-order valence-electron chi connectivity index (χ1n) is 6.06. The Bertz CT molecular complexity index is 685. The molecule has 0 saturated heterocycles. The molecule has 0 bridgehead atoms. The lowest BCUT2D eigenvalue weighted by Crippen LogP contribution is -2.29. The number of hydrogen-bond donors (Lipinski definition) is 0. The van der Waals surface area contributed by atoms with Crippen molar-refractivity contribution < 1.29 is 8.42 Å². The molecule has 0 N–H and O–H groups in total. The maximum absolute atomic E-state index is 12.6. The molecule has 1 fully saturated rings. The lowest BCUT2D eigenvalue weighted by Gasteiger charge is -2.17. The molecular formula is C14H15NO2S. The van der Waals surface area contributed by atoms with Crippen molar-refractivity contribution in [2.24, 2.45) is 0 Å². The molecule has 0 atom stereocenters. The van der Waals surface area contributed by atoms with Crippen molar-refractivity contribution in [1.82, 2.24) is 4.31 Å². The second kappa shape index (κ2) is 4.07. The number of benzene rings is 2. The van der Waals surface area contributed by atoms with Crippen molar-refractivity contribution in [3.05, 3.63) is 42.5 Å². The highest BCUT2D eigenvalue weighted by Gasteiger charge is 2.35. The van der Waals surface area contributed by atoms with Crippen molar-refractivity contribution in [2.45, 2.75) is 23.8 Å². The third-order valence-electron chi connectivity index (χ3n) is 3.47. The maximum atomic E-state index is 12.6. The Morgan fingerprint density at radius 2 is 1.72 bits per heavy atom. The first-order valence-corrected chi connectivity index (χ1v) is 7.50. The molecule has 3 nitrogen and oxygen atoms in total. The molecule has 0 unspecified atom stereocenters. The predicted octanol–water partition coefficient (Wildman–Crippen LogP) is 2.62. The smallest absolute Gasteiger partial charge is 0.207 e. The molecular weight excluding hydrogens is 246 g/mol. The van der Waals surface area contributed by atoms with Crippen LogP contribution in [-0.4, -0.2) is 25.8 Å². The van der Waals surface area contributed by atoms with Crippen LogP contribution in [-0.2, 0) is 10.0 Å². The second-order valence-corrected chi connectivity index (χ2v) is 6.70. The number of sulfonamides is 1. The Morgan fingerprint density at radius 3 is 2.44 bits per heavy atom. The van der Waals surface area contributed by atoms with Crippen LogP contribution in [0.4, 0.5) is 0 Å². The molecule has 1 saturated carbocycles. The third kappa shape index (κ3) is 1.82. The Labute approximate surface area is 107 Å².